The summed E-state index contributed by atoms with van der Waals surface area (Å²) >= 11 is 0. The molecule has 142 valence electrons. The third-order valence-corrected chi connectivity index (χ3v) is 4.19. The molecular formula is C19H32IN3O2. The molecule has 0 atom stereocenters. The highest BCUT2D eigenvalue weighted by atomic mass is 127. The van der Waals surface area contributed by atoms with Crippen molar-refractivity contribution in [3.05, 3.63) is 29.3 Å². The smallest absolute Gasteiger partial charge is 0.194 e. The van der Waals surface area contributed by atoms with E-state index in [9.17, 15) is 0 Å². The predicted octanol–water partition coefficient (Wildman–Crippen LogP) is 3.45. The first-order chi connectivity index (χ1) is 11.6. The SMILES string of the molecule is CCNC(=NCc1ccc(OC)c(C)c1)N(C)CCOCC1CC1.I. The molecule has 5 nitrogen and oxygen atoms in total. The topological polar surface area (TPSA) is 46.1 Å². The number of methoxy groups -OCH3 is 1. The molecule has 0 unspecified atom stereocenters. The highest BCUT2D eigenvalue weighted by Gasteiger charge is 2.21. The summed E-state index contributed by atoms with van der Waals surface area (Å²) in [7, 11) is 3.75. The van der Waals surface area contributed by atoms with E-state index in [0.29, 0.717) is 6.54 Å². The van der Waals surface area contributed by atoms with Crippen LogP contribution in [0.4, 0.5) is 0 Å². The van der Waals surface area contributed by atoms with Crippen molar-refractivity contribution in [2.24, 2.45) is 10.9 Å². The lowest BCUT2D eigenvalue weighted by atomic mass is 10.1. The maximum absolute atomic E-state index is 5.72. The second-order valence-corrected chi connectivity index (χ2v) is 6.41. The van der Waals surface area contributed by atoms with Gasteiger partial charge in [0.25, 0.3) is 0 Å². The molecule has 0 amide bonds. The number of ether oxygens (including phenoxy) is 2. The van der Waals surface area contributed by atoms with Gasteiger partial charge in [0, 0.05) is 26.7 Å². The summed E-state index contributed by atoms with van der Waals surface area (Å²) in [5, 5.41) is 3.35. The summed E-state index contributed by atoms with van der Waals surface area (Å²) in [6, 6.07) is 6.20. The standard InChI is InChI=1S/C19H31N3O2.HI/c1-5-20-19(22(3)10-11-24-14-16-6-7-16)21-13-17-8-9-18(23-4)15(2)12-17;/h8-9,12,16H,5-7,10-11,13-14H2,1-4H3,(H,20,21);1H. The van der Waals surface area contributed by atoms with E-state index < -0.39 is 0 Å². The fraction of sp³-hybridized carbons (Fsp3) is 0.632. The summed E-state index contributed by atoms with van der Waals surface area (Å²) in [4.78, 5) is 6.87. The Labute approximate surface area is 169 Å². The molecule has 1 aromatic rings. The highest BCUT2D eigenvalue weighted by Crippen LogP contribution is 2.28. The number of rotatable bonds is 9. The summed E-state index contributed by atoms with van der Waals surface area (Å²) < 4.78 is 11.0. The molecule has 0 radical (unpaired) electrons. The van der Waals surface area contributed by atoms with Crippen molar-refractivity contribution in [1.82, 2.24) is 10.2 Å². The van der Waals surface area contributed by atoms with E-state index in [-0.39, 0.29) is 24.0 Å². The number of halogens is 1. The first-order valence-corrected chi connectivity index (χ1v) is 8.84. The average Bonchev–Trinajstić information content (AvgIpc) is 3.39. The van der Waals surface area contributed by atoms with Gasteiger partial charge < -0.3 is 19.7 Å². The van der Waals surface area contributed by atoms with E-state index in [4.69, 9.17) is 14.5 Å². The van der Waals surface area contributed by atoms with Crippen LogP contribution in [0.15, 0.2) is 23.2 Å². The number of aryl methyl sites for hydroxylation is 1. The zero-order chi connectivity index (χ0) is 17.4. The van der Waals surface area contributed by atoms with E-state index >= 15 is 0 Å². The fourth-order valence-corrected chi connectivity index (χ4v) is 2.52. The van der Waals surface area contributed by atoms with Crippen molar-refractivity contribution >= 4 is 29.9 Å². The summed E-state index contributed by atoms with van der Waals surface area (Å²) in [6.45, 7) is 8.16. The number of hydrogen-bond acceptors (Lipinski definition) is 3. The number of benzene rings is 1. The zero-order valence-corrected chi connectivity index (χ0v) is 18.2. The molecule has 0 saturated heterocycles. The van der Waals surface area contributed by atoms with Gasteiger partial charge in [-0.3, -0.25) is 0 Å². The number of likely N-dealkylation sites (N-methyl/N-ethyl adjacent to an activating group) is 1. The van der Waals surface area contributed by atoms with Crippen LogP contribution in [-0.2, 0) is 11.3 Å². The third kappa shape index (κ3) is 7.81. The lowest BCUT2D eigenvalue weighted by Gasteiger charge is -2.22. The number of guanidine groups is 1. The van der Waals surface area contributed by atoms with Crippen molar-refractivity contribution in [3.63, 3.8) is 0 Å². The number of nitrogens with zero attached hydrogens (tertiary/aromatic N) is 2. The minimum atomic E-state index is 0. The number of aliphatic imine (C=N–C) groups is 1. The van der Waals surface area contributed by atoms with Crippen molar-refractivity contribution in [1.29, 1.82) is 0 Å². The van der Waals surface area contributed by atoms with Gasteiger partial charge in [0.15, 0.2) is 5.96 Å². The minimum Gasteiger partial charge on any atom is -0.496 e. The molecule has 0 spiro atoms. The van der Waals surface area contributed by atoms with Gasteiger partial charge in [0.2, 0.25) is 0 Å². The van der Waals surface area contributed by atoms with Crippen LogP contribution in [0.1, 0.15) is 30.9 Å². The van der Waals surface area contributed by atoms with Crippen LogP contribution in [0.5, 0.6) is 5.75 Å². The maximum Gasteiger partial charge on any atom is 0.194 e. The molecule has 1 aliphatic carbocycles. The van der Waals surface area contributed by atoms with Crippen LogP contribution in [-0.4, -0.2) is 51.3 Å². The van der Waals surface area contributed by atoms with Crippen molar-refractivity contribution < 1.29 is 9.47 Å². The van der Waals surface area contributed by atoms with Gasteiger partial charge in [0.1, 0.15) is 5.75 Å². The molecule has 6 heteroatoms. The molecule has 0 aromatic heterocycles. The normalized spacial score (nSPS) is 14.0. The highest BCUT2D eigenvalue weighted by molar-refractivity contribution is 14.0. The van der Waals surface area contributed by atoms with Gasteiger partial charge in [0.05, 0.1) is 20.3 Å². The molecule has 0 bridgehead atoms. The van der Waals surface area contributed by atoms with Crippen molar-refractivity contribution in [2.75, 3.05) is 40.5 Å². The average molecular weight is 461 g/mol. The van der Waals surface area contributed by atoms with Crippen LogP contribution >= 0.6 is 24.0 Å². The summed E-state index contributed by atoms with van der Waals surface area (Å²) in [5.41, 5.74) is 2.32. The molecule has 1 aromatic carbocycles. The van der Waals surface area contributed by atoms with Crippen LogP contribution < -0.4 is 10.1 Å². The van der Waals surface area contributed by atoms with Crippen molar-refractivity contribution in [3.8, 4) is 5.75 Å². The Hall–Kier alpha value is -1.02. The van der Waals surface area contributed by atoms with E-state index in [0.717, 1.165) is 49.5 Å². The van der Waals surface area contributed by atoms with Gasteiger partial charge in [-0.15, -0.1) is 24.0 Å². The predicted molar refractivity (Wildman–Crippen MR) is 114 cm³/mol. The Kier molecular flexibility index (Phi) is 10.2. The van der Waals surface area contributed by atoms with E-state index in [1.54, 1.807) is 7.11 Å². The van der Waals surface area contributed by atoms with Crippen LogP contribution in [0.3, 0.4) is 0 Å². The molecule has 1 aliphatic rings. The zero-order valence-electron chi connectivity index (χ0n) is 15.9. The minimum absolute atomic E-state index is 0. The lowest BCUT2D eigenvalue weighted by Crippen LogP contribution is -2.40. The Morgan fingerprint density at radius 1 is 1.36 bits per heavy atom. The maximum atomic E-state index is 5.72. The molecule has 25 heavy (non-hydrogen) atoms. The van der Waals surface area contributed by atoms with Gasteiger partial charge in [-0.05, 0) is 49.8 Å². The third-order valence-electron chi connectivity index (χ3n) is 4.19. The van der Waals surface area contributed by atoms with Gasteiger partial charge in [-0.2, -0.15) is 0 Å². The first kappa shape index (κ1) is 22.0. The van der Waals surface area contributed by atoms with Gasteiger partial charge in [-0.25, -0.2) is 4.99 Å². The van der Waals surface area contributed by atoms with E-state index in [1.165, 1.54) is 18.4 Å². The Bertz CT molecular complexity index is 547. The van der Waals surface area contributed by atoms with Crippen molar-refractivity contribution in [2.45, 2.75) is 33.2 Å². The van der Waals surface area contributed by atoms with Crippen LogP contribution in [0, 0.1) is 12.8 Å². The Morgan fingerprint density at radius 3 is 2.72 bits per heavy atom. The molecule has 1 N–H and O–H groups in total. The summed E-state index contributed by atoms with van der Waals surface area (Å²) in [6.07, 6.45) is 2.67. The van der Waals surface area contributed by atoms with E-state index in [1.807, 2.05) is 6.07 Å². The molecular weight excluding hydrogens is 429 g/mol. The second-order valence-electron chi connectivity index (χ2n) is 6.41. The molecule has 1 saturated carbocycles. The molecule has 0 heterocycles. The second kappa shape index (κ2) is 11.6. The Balaban J connectivity index is 0.00000312. The molecule has 0 aliphatic heterocycles. The molecule has 2 rings (SSSR count). The number of nitrogens with one attached hydrogen (secondary N) is 1. The fourth-order valence-electron chi connectivity index (χ4n) is 2.52. The van der Waals surface area contributed by atoms with E-state index in [2.05, 4.69) is 43.2 Å². The first-order valence-electron chi connectivity index (χ1n) is 8.84. The lowest BCUT2D eigenvalue weighted by molar-refractivity contribution is 0.115. The molecule has 1 fully saturated rings. The largest absolute Gasteiger partial charge is 0.496 e. The quantitative estimate of drug-likeness (QED) is 0.265. The van der Waals surface area contributed by atoms with Crippen LogP contribution in [0.25, 0.3) is 0 Å². The Morgan fingerprint density at radius 2 is 2.12 bits per heavy atom. The monoisotopic (exact) mass is 461 g/mol. The summed E-state index contributed by atoms with van der Waals surface area (Å²) in [5.74, 6) is 2.65. The number of hydrogen-bond donors (Lipinski definition) is 1. The van der Waals surface area contributed by atoms with Crippen LogP contribution in [0.2, 0.25) is 0 Å². The van der Waals surface area contributed by atoms with Gasteiger partial charge in [-0.1, -0.05) is 12.1 Å². The van der Waals surface area contributed by atoms with Gasteiger partial charge >= 0.3 is 0 Å².